The average Bonchev–Trinajstić information content (AvgIpc) is 3.16. The maximum atomic E-state index is 11.6. The van der Waals surface area contributed by atoms with Crippen molar-refractivity contribution in [1.29, 1.82) is 0 Å². The zero-order chi connectivity index (χ0) is 37.1. The third-order valence-corrected chi connectivity index (χ3v) is 7.56. The van der Waals surface area contributed by atoms with Crippen LogP contribution in [0.15, 0.2) is 0 Å². The zero-order valence-electron chi connectivity index (χ0n) is 32.3. The summed E-state index contributed by atoms with van der Waals surface area (Å²) in [6.45, 7) is 16.3. The topological polar surface area (TPSA) is 149 Å². The van der Waals surface area contributed by atoms with Crippen LogP contribution < -0.4 is 5.32 Å². The summed E-state index contributed by atoms with van der Waals surface area (Å²) in [6.07, 6.45) is 8.60. The molecule has 1 saturated heterocycles. The normalized spacial score (nSPS) is 13.6. The average molecular weight is 756 g/mol. The first-order valence-corrected chi connectivity index (χ1v) is 19.7. The van der Waals surface area contributed by atoms with E-state index >= 15 is 0 Å². The molecule has 1 rings (SSSR count). The highest BCUT2D eigenvalue weighted by Gasteiger charge is 2.12. The summed E-state index contributed by atoms with van der Waals surface area (Å²) in [5, 5.41) is 3.33. The van der Waals surface area contributed by atoms with Crippen molar-refractivity contribution in [2.24, 2.45) is 0 Å². The Hall–Kier alpha value is -1.05. The lowest BCUT2D eigenvalue weighted by Gasteiger charge is -2.22. The van der Waals surface area contributed by atoms with Crippen molar-refractivity contribution in [3.8, 4) is 0 Å². The van der Waals surface area contributed by atoms with Gasteiger partial charge in [0.2, 0.25) is 0 Å². The quantitative estimate of drug-likeness (QED) is 0.0718. The van der Waals surface area contributed by atoms with Gasteiger partial charge in [0.25, 0.3) is 0 Å². The maximum Gasteiger partial charge on any atom is 0.305 e. The smallest absolute Gasteiger partial charge is 0.305 e. The van der Waals surface area contributed by atoms with Gasteiger partial charge >= 0.3 is 5.97 Å². The molecule has 0 amide bonds. The summed E-state index contributed by atoms with van der Waals surface area (Å²) in [4.78, 5) is 11.6. The molecule has 310 valence electrons. The number of ether oxygens (including phenoxy) is 13. The fourth-order valence-corrected chi connectivity index (χ4v) is 4.70. The highest BCUT2D eigenvalue weighted by Crippen LogP contribution is 2.07. The summed E-state index contributed by atoms with van der Waals surface area (Å²) >= 11 is 0. The number of carbonyl (C=O) groups is 1. The van der Waals surface area contributed by atoms with Crippen molar-refractivity contribution >= 4 is 5.97 Å². The standard InChI is InChI=1S/C37H73NO14/c1-2-3-4-5-6-7-37(39)52-35-33-50-31-29-48-27-25-46-23-21-44-19-17-42-15-13-40-12-14-41-16-18-43-20-22-45-24-26-47-28-30-49-32-34-51-36-8-10-38-11-9-36/h36,38H,2-35H2,1H3. The molecule has 1 aliphatic rings. The number of piperidine rings is 1. The molecule has 0 spiro atoms. The van der Waals surface area contributed by atoms with Crippen LogP contribution in [0.4, 0.5) is 0 Å². The fourth-order valence-electron chi connectivity index (χ4n) is 4.70. The van der Waals surface area contributed by atoms with Crippen LogP contribution in [0, 0.1) is 0 Å². The predicted octanol–water partition coefficient (Wildman–Crippen LogP) is 2.84. The van der Waals surface area contributed by atoms with Crippen LogP contribution in [-0.4, -0.2) is 184 Å². The molecule has 0 bridgehead atoms. The molecule has 0 atom stereocenters. The number of esters is 1. The molecule has 15 heteroatoms. The Balaban J connectivity index is 1.61. The second-order valence-corrected chi connectivity index (χ2v) is 11.9. The van der Waals surface area contributed by atoms with E-state index < -0.39 is 0 Å². The van der Waals surface area contributed by atoms with E-state index in [-0.39, 0.29) is 12.6 Å². The summed E-state index contributed by atoms with van der Waals surface area (Å²) in [6, 6.07) is 0. The highest BCUT2D eigenvalue weighted by atomic mass is 16.6. The Bertz CT molecular complexity index is 705. The summed E-state index contributed by atoms with van der Waals surface area (Å²) in [7, 11) is 0. The lowest BCUT2D eigenvalue weighted by Crippen LogP contribution is -2.33. The van der Waals surface area contributed by atoms with Crippen LogP contribution >= 0.6 is 0 Å². The molecule has 1 heterocycles. The molecule has 52 heavy (non-hydrogen) atoms. The van der Waals surface area contributed by atoms with Gasteiger partial charge in [-0.1, -0.05) is 32.6 Å². The molecular weight excluding hydrogens is 682 g/mol. The zero-order valence-corrected chi connectivity index (χ0v) is 32.3. The molecule has 0 radical (unpaired) electrons. The number of hydrogen-bond donors (Lipinski definition) is 1. The first-order valence-electron chi connectivity index (χ1n) is 19.7. The van der Waals surface area contributed by atoms with Crippen LogP contribution in [0.1, 0.15) is 58.3 Å². The van der Waals surface area contributed by atoms with Gasteiger partial charge in [-0.05, 0) is 32.4 Å². The van der Waals surface area contributed by atoms with E-state index in [1.54, 1.807) is 0 Å². The van der Waals surface area contributed by atoms with Crippen molar-refractivity contribution in [1.82, 2.24) is 5.32 Å². The summed E-state index contributed by atoms with van der Waals surface area (Å²) in [5.41, 5.74) is 0. The van der Waals surface area contributed by atoms with E-state index in [1.807, 2.05) is 0 Å². The van der Waals surface area contributed by atoms with Crippen LogP contribution in [0.2, 0.25) is 0 Å². The Kier molecular flexibility index (Phi) is 40.2. The molecule has 0 saturated carbocycles. The van der Waals surface area contributed by atoms with Gasteiger partial charge < -0.3 is 66.9 Å². The van der Waals surface area contributed by atoms with Crippen LogP contribution in [0.25, 0.3) is 0 Å². The third kappa shape index (κ3) is 38.7. The molecule has 0 aromatic rings. The second kappa shape index (κ2) is 42.7. The number of rotatable bonds is 43. The fraction of sp³-hybridized carbons (Fsp3) is 0.973. The number of hydrogen-bond acceptors (Lipinski definition) is 15. The Labute approximate surface area is 313 Å². The third-order valence-electron chi connectivity index (χ3n) is 7.56. The van der Waals surface area contributed by atoms with Crippen LogP contribution in [-0.2, 0) is 66.4 Å². The Morgan fingerprint density at radius 1 is 0.423 bits per heavy atom. The van der Waals surface area contributed by atoms with E-state index in [9.17, 15) is 4.79 Å². The minimum atomic E-state index is -0.147. The van der Waals surface area contributed by atoms with E-state index in [2.05, 4.69) is 12.2 Å². The summed E-state index contributed by atoms with van der Waals surface area (Å²) < 4.78 is 71.3. The first-order chi connectivity index (χ1) is 25.8. The minimum absolute atomic E-state index is 0.147. The first kappa shape index (κ1) is 49.0. The van der Waals surface area contributed by atoms with Crippen molar-refractivity contribution in [3.05, 3.63) is 0 Å². The van der Waals surface area contributed by atoms with E-state index in [0.29, 0.717) is 164 Å². The molecule has 0 aromatic carbocycles. The van der Waals surface area contributed by atoms with Crippen LogP contribution in [0.5, 0.6) is 0 Å². The Morgan fingerprint density at radius 2 is 0.731 bits per heavy atom. The molecular formula is C37H73NO14. The largest absolute Gasteiger partial charge is 0.463 e. The molecule has 1 fully saturated rings. The minimum Gasteiger partial charge on any atom is -0.463 e. The molecule has 0 aromatic heterocycles. The van der Waals surface area contributed by atoms with E-state index in [0.717, 1.165) is 38.8 Å². The monoisotopic (exact) mass is 756 g/mol. The van der Waals surface area contributed by atoms with Gasteiger partial charge in [0.1, 0.15) is 6.61 Å². The molecule has 1 N–H and O–H groups in total. The van der Waals surface area contributed by atoms with Crippen molar-refractivity contribution in [2.45, 2.75) is 64.4 Å². The number of carbonyl (C=O) groups excluding carboxylic acids is 1. The van der Waals surface area contributed by atoms with Crippen molar-refractivity contribution in [2.75, 3.05) is 172 Å². The molecule has 1 aliphatic heterocycles. The summed E-state index contributed by atoms with van der Waals surface area (Å²) in [5.74, 6) is -0.147. The van der Waals surface area contributed by atoms with Gasteiger partial charge in [-0.25, -0.2) is 0 Å². The SMILES string of the molecule is CCCCCCCC(=O)OCCOCCOCCOCCOCCOCCOCCOCCOCCOCCOCCOCCOC1CCNCC1. The van der Waals surface area contributed by atoms with Gasteiger partial charge in [0.05, 0.1) is 158 Å². The lowest BCUT2D eigenvalue weighted by atomic mass is 10.1. The van der Waals surface area contributed by atoms with Gasteiger partial charge in [0.15, 0.2) is 0 Å². The molecule has 15 nitrogen and oxygen atoms in total. The van der Waals surface area contributed by atoms with Crippen LogP contribution in [0.3, 0.4) is 0 Å². The van der Waals surface area contributed by atoms with Gasteiger partial charge in [-0.15, -0.1) is 0 Å². The number of nitrogens with one attached hydrogen (secondary N) is 1. The highest BCUT2D eigenvalue weighted by molar-refractivity contribution is 5.69. The van der Waals surface area contributed by atoms with Crippen molar-refractivity contribution < 1.29 is 66.4 Å². The van der Waals surface area contributed by atoms with E-state index in [1.165, 1.54) is 19.3 Å². The van der Waals surface area contributed by atoms with E-state index in [4.69, 9.17) is 61.6 Å². The number of unbranched alkanes of at least 4 members (excludes halogenated alkanes) is 4. The predicted molar refractivity (Wildman–Crippen MR) is 195 cm³/mol. The molecule has 0 unspecified atom stereocenters. The lowest BCUT2D eigenvalue weighted by molar-refractivity contribution is -0.145. The Morgan fingerprint density at radius 3 is 1.08 bits per heavy atom. The van der Waals surface area contributed by atoms with Gasteiger partial charge in [0, 0.05) is 6.42 Å². The van der Waals surface area contributed by atoms with Crippen molar-refractivity contribution in [3.63, 3.8) is 0 Å². The molecule has 0 aliphatic carbocycles. The second-order valence-electron chi connectivity index (χ2n) is 11.9. The van der Waals surface area contributed by atoms with Gasteiger partial charge in [-0.2, -0.15) is 0 Å². The van der Waals surface area contributed by atoms with Gasteiger partial charge in [-0.3, -0.25) is 4.79 Å². The maximum absolute atomic E-state index is 11.6.